The molecule has 2 rings (SSSR count). The van der Waals surface area contributed by atoms with Crippen LogP contribution in [0.1, 0.15) is 42.6 Å². The Morgan fingerprint density at radius 1 is 1.39 bits per heavy atom. The molecule has 2 atom stereocenters. The van der Waals surface area contributed by atoms with Gasteiger partial charge in [-0.25, -0.2) is 0 Å². The first-order valence-electron chi connectivity index (χ1n) is 6.61. The quantitative estimate of drug-likeness (QED) is 0.828. The second kappa shape index (κ2) is 5.01. The zero-order valence-corrected chi connectivity index (χ0v) is 11.3. The summed E-state index contributed by atoms with van der Waals surface area (Å²) in [4.78, 5) is 14.4. The van der Waals surface area contributed by atoms with Gasteiger partial charge in [0.15, 0.2) is 0 Å². The number of aromatic hydroxyl groups is 1. The molecule has 18 heavy (non-hydrogen) atoms. The number of piperidine rings is 1. The van der Waals surface area contributed by atoms with Gasteiger partial charge in [0.1, 0.15) is 5.75 Å². The van der Waals surface area contributed by atoms with Crippen molar-refractivity contribution in [3.8, 4) is 5.75 Å². The van der Waals surface area contributed by atoms with Crippen molar-refractivity contribution in [2.24, 2.45) is 5.92 Å². The summed E-state index contributed by atoms with van der Waals surface area (Å²) in [6.45, 7) is 6.97. The monoisotopic (exact) mass is 247 g/mol. The predicted molar refractivity (Wildman–Crippen MR) is 71.7 cm³/mol. The minimum Gasteiger partial charge on any atom is -0.508 e. The van der Waals surface area contributed by atoms with Gasteiger partial charge < -0.3 is 10.0 Å². The van der Waals surface area contributed by atoms with Gasteiger partial charge in [-0.3, -0.25) is 4.79 Å². The molecule has 0 aromatic heterocycles. The minimum absolute atomic E-state index is 0.0807. The fraction of sp³-hybridized carbons (Fsp3) is 0.533. The molecule has 0 aliphatic carbocycles. The van der Waals surface area contributed by atoms with E-state index in [0.29, 0.717) is 17.5 Å². The SMILES string of the molecule is Cc1cc(C(=O)N2CCCC(C)C2C)ccc1O. The first-order chi connectivity index (χ1) is 8.50. The largest absolute Gasteiger partial charge is 0.508 e. The van der Waals surface area contributed by atoms with Crippen molar-refractivity contribution in [2.75, 3.05) is 6.54 Å². The third kappa shape index (κ3) is 2.35. The van der Waals surface area contributed by atoms with Crippen LogP contribution >= 0.6 is 0 Å². The average molecular weight is 247 g/mol. The lowest BCUT2D eigenvalue weighted by Crippen LogP contribution is -2.46. The number of benzene rings is 1. The minimum atomic E-state index is 0.0807. The molecule has 0 radical (unpaired) electrons. The number of phenols is 1. The molecule has 3 heteroatoms. The van der Waals surface area contributed by atoms with Crippen LogP contribution < -0.4 is 0 Å². The van der Waals surface area contributed by atoms with E-state index in [-0.39, 0.29) is 11.7 Å². The molecule has 0 bridgehead atoms. The Bertz CT molecular complexity index is 456. The first kappa shape index (κ1) is 12.9. The zero-order chi connectivity index (χ0) is 13.3. The second-order valence-corrected chi connectivity index (χ2v) is 5.36. The Balaban J connectivity index is 2.22. The molecule has 98 valence electrons. The van der Waals surface area contributed by atoms with Crippen LogP contribution in [0.2, 0.25) is 0 Å². The highest BCUT2D eigenvalue weighted by molar-refractivity contribution is 5.94. The molecule has 2 unspecified atom stereocenters. The van der Waals surface area contributed by atoms with Gasteiger partial charge in [0.25, 0.3) is 5.91 Å². The van der Waals surface area contributed by atoms with Gasteiger partial charge in [-0.15, -0.1) is 0 Å². The molecule has 1 saturated heterocycles. The molecule has 0 spiro atoms. The summed E-state index contributed by atoms with van der Waals surface area (Å²) in [5.74, 6) is 0.879. The molecule has 3 nitrogen and oxygen atoms in total. The number of aryl methyl sites for hydroxylation is 1. The molecule has 1 N–H and O–H groups in total. The number of hydrogen-bond acceptors (Lipinski definition) is 2. The van der Waals surface area contributed by atoms with Gasteiger partial charge in [0.2, 0.25) is 0 Å². The molecule has 1 aromatic carbocycles. The molecule has 1 aliphatic heterocycles. The topological polar surface area (TPSA) is 40.5 Å². The molecule has 0 saturated carbocycles. The molecule has 1 aromatic rings. The maximum atomic E-state index is 12.5. The van der Waals surface area contributed by atoms with Gasteiger partial charge in [-0.1, -0.05) is 6.92 Å². The summed E-state index contributed by atoms with van der Waals surface area (Å²) >= 11 is 0. The Kier molecular flexibility index (Phi) is 3.60. The maximum absolute atomic E-state index is 12.5. The van der Waals surface area contributed by atoms with Crippen LogP contribution in [0.3, 0.4) is 0 Å². The molecule has 1 fully saturated rings. The highest BCUT2D eigenvalue weighted by Gasteiger charge is 2.28. The molecule has 1 amide bonds. The summed E-state index contributed by atoms with van der Waals surface area (Å²) in [5, 5.41) is 9.50. The van der Waals surface area contributed by atoms with Crippen LogP contribution in [0.15, 0.2) is 18.2 Å². The van der Waals surface area contributed by atoms with Gasteiger partial charge >= 0.3 is 0 Å². The molecule has 1 aliphatic rings. The number of carbonyl (C=O) groups excluding carboxylic acids is 1. The van der Waals surface area contributed by atoms with Gasteiger partial charge in [-0.2, -0.15) is 0 Å². The number of rotatable bonds is 1. The second-order valence-electron chi connectivity index (χ2n) is 5.36. The van der Waals surface area contributed by atoms with Gasteiger partial charge in [-0.05, 0) is 56.4 Å². The van der Waals surface area contributed by atoms with E-state index >= 15 is 0 Å². The van der Waals surface area contributed by atoms with Crippen LogP contribution in [0, 0.1) is 12.8 Å². The van der Waals surface area contributed by atoms with Crippen molar-refractivity contribution in [3.05, 3.63) is 29.3 Å². The van der Waals surface area contributed by atoms with E-state index in [1.165, 1.54) is 6.42 Å². The number of amides is 1. The summed E-state index contributed by atoms with van der Waals surface area (Å²) in [7, 11) is 0. The van der Waals surface area contributed by atoms with Crippen LogP contribution in [0.4, 0.5) is 0 Å². The Morgan fingerprint density at radius 3 is 2.78 bits per heavy atom. The molecule has 1 heterocycles. The van der Waals surface area contributed by atoms with E-state index in [9.17, 15) is 9.90 Å². The fourth-order valence-corrected chi connectivity index (χ4v) is 2.58. The lowest BCUT2D eigenvalue weighted by atomic mass is 9.91. The van der Waals surface area contributed by atoms with E-state index < -0.39 is 0 Å². The number of nitrogens with zero attached hydrogens (tertiary/aromatic N) is 1. The number of hydrogen-bond donors (Lipinski definition) is 1. The van der Waals surface area contributed by atoms with Gasteiger partial charge in [0.05, 0.1) is 0 Å². The smallest absolute Gasteiger partial charge is 0.254 e. The number of phenolic OH excluding ortho intramolecular Hbond substituents is 1. The van der Waals surface area contributed by atoms with Crippen LogP contribution in [0.5, 0.6) is 5.75 Å². The number of likely N-dealkylation sites (tertiary alicyclic amines) is 1. The van der Waals surface area contributed by atoms with E-state index in [1.54, 1.807) is 18.2 Å². The van der Waals surface area contributed by atoms with Crippen LogP contribution in [-0.4, -0.2) is 28.5 Å². The van der Waals surface area contributed by atoms with E-state index in [1.807, 2.05) is 11.8 Å². The van der Waals surface area contributed by atoms with Crippen LogP contribution in [0.25, 0.3) is 0 Å². The normalized spacial score (nSPS) is 24.1. The molecular formula is C15H21NO2. The summed E-state index contributed by atoms with van der Waals surface area (Å²) < 4.78 is 0. The van der Waals surface area contributed by atoms with E-state index in [0.717, 1.165) is 18.5 Å². The number of carbonyl (C=O) groups is 1. The summed E-state index contributed by atoms with van der Waals surface area (Å²) in [5.41, 5.74) is 1.42. The standard InChI is InChI=1S/C15H21NO2/c1-10-5-4-8-16(12(10)3)15(18)13-6-7-14(17)11(2)9-13/h6-7,9-10,12,17H,4-5,8H2,1-3H3. The third-order valence-corrected chi connectivity index (χ3v) is 4.08. The third-order valence-electron chi connectivity index (χ3n) is 4.08. The predicted octanol–water partition coefficient (Wildman–Crippen LogP) is 2.96. The van der Waals surface area contributed by atoms with Gasteiger partial charge in [0, 0.05) is 18.2 Å². The zero-order valence-electron chi connectivity index (χ0n) is 11.3. The fourth-order valence-electron chi connectivity index (χ4n) is 2.58. The van der Waals surface area contributed by atoms with E-state index in [2.05, 4.69) is 13.8 Å². The first-order valence-corrected chi connectivity index (χ1v) is 6.61. The Hall–Kier alpha value is -1.51. The Morgan fingerprint density at radius 2 is 2.11 bits per heavy atom. The van der Waals surface area contributed by atoms with Crippen LogP contribution in [-0.2, 0) is 0 Å². The van der Waals surface area contributed by atoms with Crippen molar-refractivity contribution >= 4 is 5.91 Å². The highest BCUT2D eigenvalue weighted by Crippen LogP contribution is 2.25. The lowest BCUT2D eigenvalue weighted by Gasteiger charge is -2.38. The molecular weight excluding hydrogens is 226 g/mol. The van der Waals surface area contributed by atoms with Crippen molar-refractivity contribution < 1.29 is 9.90 Å². The van der Waals surface area contributed by atoms with Crippen molar-refractivity contribution in [1.29, 1.82) is 0 Å². The lowest BCUT2D eigenvalue weighted by molar-refractivity contribution is 0.0551. The average Bonchev–Trinajstić information content (AvgIpc) is 2.35. The summed E-state index contributed by atoms with van der Waals surface area (Å²) in [6.07, 6.45) is 2.27. The highest BCUT2D eigenvalue weighted by atomic mass is 16.3. The maximum Gasteiger partial charge on any atom is 0.254 e. The van der Waals surface area contributed by atoms with Crippen molar-refractivity contribution in [3.63, 3.8) is 0 Å². The van der Waals surface area contributed by atoms with Crippen molar-refractivity contribution in [2.45, 2.75) is 39.7 Å². The van der Waals surface area contributed by atoms with E-state index in [4.69, 9.17) is 0 Å². The Labute approximate surface area is 108 Å². The van der Waals surface area contributed by atoms with Crippen molar-refractivity contribution in [1.82, 2.24) is 4.90 Å². The summed E-state index contributed by atoms with van der Waals surface area (Å²) in [6, 6.07) is 5.36.